The normalized spacial score (nSPS) is 39.0. The molecular formula is C12H24N2O. The van der Waals surface area contributed by atoms with Gasteiger partial charge in [-0.3, -0.25) is 0 Å². The number of nitrogens with zero attached hydrogens (tertiary/aromatic N) is 1. The van der Waals surface area contributed by atoms with E-state index in [0.29, 0.717) is 12.1 Å². The predicted octanol–water partition coefficient (Wildman–Crippen LogP) is 0.830. The third-order valence-corrected chi connectivity index (χ3v) is 3.83. The lowest BCUT2D eigenvalue weighted by Gasteiger charge is -2.33. The first-order valence-corrected chi connectivity index (χ1v) is 6.31. The second kappa shape index (κ2) is 4.81. The average molecular weight is 212 g/mol. The van der Waals surface area contributed by atoms with Crippen molar-refractivity contribution in [1.82, 2.24) is 10.2 Å². The molecule has 3 heteroatoms. The molecule has 0 aliphatic carbocycles. The Bertz CT molecular complexity index is 208. The van der Waals surface area contributed by atoms with Crippen LogP contribution in [-0.4, -0.2) is 47.8 Å². The largest absolute Gasteiger partial charge is 0.393 e. The first kappa shape index (κ1) is 11.4. The van der Waals surface area contributed by atoms with Crippen molar-refractivity contribution in [2.75, 3.05) is 19.6 Å². The summed E-state index contributed by atoms with van der Waals surface area (Å²) in [4.78, 5) is 2.57. The monoisotopic (exact) mass is 212 g/mol. The van der Waals surface area contributed by atoms with Crippen molar-refractivity contribution in [2.24, 2.45) is 5.92 Å². The fourth-order valence-corrected chi connectivity index (χ4v) is 3.12. The van der Waals surface area contributed by atoms with Gasteiger partial charge in [-0.25, -0.2) is 0 Å². The van der Waals surface area contributed by atoms with Crippen molar-refractivity contribution in [2.45, 2.75) is 51.3 Å². The molecule has 15 heavy (non-hydrogen) atoms. The molecule has 3 nitrogen and oxygen atoms in total. The van der Waals surface area contributed by atoms with Crippen LogP contribution >= 0.6 is 0 Å². The first-order chi connectivity index (χ1) is 7.15. The summed E-state index contributed by atoms with van der Waals surface area (Å²) in [6.45, 7) is 7.91. The molecule has 2 fully saturated rings. The minimum absolute atomic E-state index is 0.184. The zero-order valence-electron chi connectivity index (χ0n) is 9.95. The van der Waals surface area contributed by atoms with Crippen LogP contribution in [0.25, 0.3) is 0 Å². The summed E-state index contributed by atoms with van der Waals surface area (Å²) in [5.41, 5.74) is 0. The summed E-state index contributed by atoms with van der Waals surface area (Å²) >= 11 is 0. The van der Waals surface area contributed by atoms with Gasteiger partial charge in [-0.05, 0) is 52.1 Å². The molecule has 2 heterocycles. The average Bonchev–Trinajstić information content (AvgIpc) is 2.52. The zero-order valence-corrected chi connectivity index (χ0v) is 9.95. The van der Waals surface area contributed by atoms with Gasteiger partial charge in [0.15, 0.2) is 0 Å². The maximum Gasteiger partial charge on any atom is 0.0526 e. The summed E-state index contributed by atoms with van der Waals surface area (Å²) in [5, 5.41) is 13.0. The van der Waals surface area contributed by atoms with E-state index in [1.165, 1.54) is 32.5 Å². The van der Waals surface area contributed by atoms with E-state index in [1.54, 1.807) is 0 Å². The molecule has 0 amide bonds. The quantitative estimate of drug-likeness (QED) is 0.724. The number of aliphatic hydroxyl groups excluding tert-OH is 1. The van der Waals surface area contributed by atoms with E-state index in [-0.39, 0.29) is 6.10 Å². The molecule has 5 unspecified atom stereocenters. The van der Waals surface area contributed by atoms with Gasteiger partial charge in [0.2, 0.25) is 0 Å². The molecule has 2 aliphatic heterocycles. The summed E-state index contributed by atoms with van der Waals surface area (Å²) < 4.78 is 0. The lowest BCUT2D eigenvalue weighted by atomic mass is 9.93. The fourth-order valence-electron chi connectivity index (χ4n) is 3.12. The van der Waals surface area contributed by atoms with Crippen molar-refractivity contribution in [3.05, 3.63) is 0 Å². The zero-order chi connectivity index (χ0) is 10.8. The van der Waals surface area contributed by atoms with Crippen LogP contribution in [-0.2, 0) is 0 Å². The summed E-state index contributed by atoms with van der Waals surface area (Å²) in [6.07, 6.45) is 3.33. The molecule has 88 valence electrons. The van der Waals surface area contributed by atoms with Gasteiger partial charge in [0.05, 0.1) is 6.10 Å². The molecule has 0 aromatic carbocycles. The van der Waals surface area contributed by atoms with Crippen LogP contribution in [0.1, 0.15) is 33.1 Å². The van der Waals surface area contributed by atoms with Gasteiger partial charge in [0.1, 0.15) is 0 Å². The molecule has 2 aliphatic rings. The number of nitrogens with one attached hydrogen (secondary N) is 1. The Kier molecular flexibility index (Phi) is 3.65. The Morgan fingerprint density at radius 3 is 2.80 bits per heavy atom. The van der Waals surface area contributed by atoms with E-state index >= 15 is 0 Å². The van der Waals surface area contributed by atoms with Gasteiger partial charge in [0.25, 0.3) is 0 Å². The molecule has 2 bridgehead atoms. The van der Waals surface area contributed by atoms with E-state index in [9.17, 15) is 5.11 Å². The topological polar surface area (TPSA) is 35.5 Å². The van der Waals surface area contributed by atoms with Crippen LogP contribution in [0.4, 0.5) is 0 Å². The highest BCUT2D eigenvalue weighted by molar-refractivity contribution is 4.91. The number of fused-ring (bicyclic) bond motifs is 2. The van der Waals surface area contributed by atoms with Crippen molar-refractivity contribution < 1.29 is 5.11 Å². The summed E-state index contributed by atoms with van der Waals surface area (Å²) in [6, 6.07) is 1.14. The third kappa shape index (κ3) is 2.92. The maximum atomic E-state index is 9.34. The molecule has 2 N–H and O–H groups in total. The van der Waals surface area contributed by atoms with Crippen LogP contribution in [0.15, 0.2) is 0 Å². The number of hydrogen-bond donors (Lipinski definition) is 2. The lowest BCUT2D eigenvalue weighted by Crippen LogP contribution is -2.47. The maximum absolute atomic E-state index is 9.34. The predicted molar refractivity (Wildman–Crippen MR) is 61.8 cm³/mol. The lowest BCUT2D eigenvalue weighted by molar-refractivity contribution is 0.155. The van der Waals surface area contributed by atoms with Crippen molar-refractivity contribution in [3.8, 4) is 0 Å². The van der Waals surface area contributed by atoms with E-state index in [1.807, 2.05) is 6.92 Å². The van der Waals surface area contributed by atoms with Crippen LogP contribution in [0.2, 0.25) is 0 Å². The number of aliphatic hydroxyl groups is 1. The Balaban J connectivity index is 1.78. The minimum atomic E-state index is -0.184. The number of piperidine rings is 1. The van der Waals surface area contributed by atoms with Crippen LogP contribution in [0.3, 0.4) is 0 Å². The Labute approximate surface area is 92.8 Å². The fraction of sp³-hybridized carbons (Fsp3) is 1.00. The molecule has 5 atom stereocenters. The highest BCUT2D eigenvalue weighted by Gasteiger charge is 2.34. The van der Waals surface area contributed by atoms with Crippen molar-refractivity contribution in [3.63, 3.8) is 0 Å². The van der Waals surface area contributed by atoms with E-state index in [0.717, 1.165) is 12.3 Å². The van der Waals surface area contributed by atoms with Crippen LogP contribution < -0.4 is 5.32 Å². The van der Waals surface area contributed by atoms with Gasteiger partial charge in [-0.2, -0.15) is 0 Å². The van der Waals surface area contributed by atoms with E-state index in [4.69, 9.17) is 0 Å². The molecule has 0 radical (unpaired) electrons. The molecular weight excluding hydrogens is 188 g/mol. The smallest absolute Gasteiger partial charge is 0.0526 e. The first-order valence-electron chi connectivity index (χ1n) is 6.31. The SMILES string of the molecule is CC(O)CC(C)NC1CCN2CCC1C2. The van der Waals surface area contributed by atoms with Gasteiger partial charge in [-0.1, -0.05) is 0 Å². The Morgan fingerprint density at radius 1 is 1.33 bits per heavy atom. The van der Waals surface area contributed by atoms with Crippen LogP contribution in [0, 0.1) is 5.92 Å². The van der Waals surface area contributed by atoms with Gasteiger partial charge in [0, 0.05) is 18.6 Å². The molecule has 0 saturated carbocycles. The number of rotatable bonds is 4. The molecule has 0 spiro atoms. The standard InChI is InChI=1S/C12H24N2O/c1-9(7-10(2)15)13-12-4-6-14-5-3-11(12)8-14/h9-13,15H,3-8H2,1-2H3. The third-order valence-electron chi connectivity index (χ3n) is 3.83. The van der Waals surface area contributed by atoms with Gasteiger partial charge < -0.3 is 15.3 Å². The second-order valence-electron chi connectivity index (χ2n) is 5.40. The van der Waals surface area contributed by atoms with Crippen molar-refractivity contribution >= 4 is 0 Å². The second-order valence-corrected chi connectivity index (χ2v) is 5.40. The Morgan fingerprint density at radius 2 is 2.07 bits per heavy atom. The Hall–Kier alpha value is -0.120. The number of hydrogen-bond acceptors (Lipinski definition) is 3. The summed E-state index contributed by atoms with van der Waals surface area (Å²) in [5.74, 6) is 0.857. The molecule has 2 saturated heterocycles. The molecule has 0 aromatic heterocycles. The van der Waals surface area contributed by atoms with E-state index < -0.39 is 0 Å². The summed E-state index contributed by atoms with van der Waals surface area (Å²) in [7, 11) is 0. The van der Waals surface area contributed by atoms with Gasteiger partial charge in [-0.15, -0.1) is 0 Å². The van der Waals surface area contributed by atoms with E-state index in [2.05, 4.69) is 17.1 Å². The van der Waals surface area contributed by atoms with Gasteiger partial charge >= 0.3 is 0 Å². The molecule has 2 rings (SSSR count). The highest BCUT2D eigenvalue weighted by Crippen LogP contribution is 2.27. The highest BCUT2D eigenvalue weighted by atomic mass is 16.3. The van der Waals surface area contributed by atoms with Crippen LogP contribution in [0.5, 0.6) is 0 Å². The minimum Gasteiger partial charge on any atom is -0.393 e. The molecule has 0 aromatic rings. The van der Waals surface area contributed by atoms with Crippen molar-refractivity contribution in [1.29, 1.82) is 0 Å².